The molecule has 1 aliphatic rings. The molecule has 3 heteroatoms. The van der Waals surface area contributed by atoms with Crippen molar-refractivity contribution in [3.05, 3.63) is 18.0 Å². The Morgan fingerprint density at radius 3 is 2.94 bits per heavy atom. The minimum Gasteiger partial charge on any atom is -0.310 e. The van der Waals surface area contributed by atoms with Gasteiger partial charge in [0.1, 0.15) is 0 Å². The molecule has 1 aromatic heterocycles. The monoisotopic (exact) mass is 249 g/mol. The molecule has 1 fully saturated rings. The van der Waals surface area contributed by atoms with Crippen molar-refractivity contribution in [3.63, 3.8) is 0 Å². The van der Waals surface area contributed by atoms with E-state index in [0.717, 1.165) is 12.5 Å². The third-order valence-electron chi connectivity index (χ3n) is 4.14. The molecule has 1 aromatic rings. The SMILES string of the molecule is CCCC1CCCC(NCc2cnn(C)c2)CC1. The van der Waals surface area contributed by atoms with Gasteiger partial charge in [0.15, 0.2) is 0 Å². The zero-order valence-electron chi connectivity index (χ0n) is 11.9. The Bertz CT molecular complexity index is 345. The lowest BCUT2D eigenvalue weighted by atomic mass is 9.95. The second-order valence-corrected chi connectivity index (χ2v) is 5.76. The molecule has 0 amide bonds. The molecule has 0 saturated heterocycles. The molecule has 1 heterocycles. The Morgan fingerprint density at radius 1 is 1.33 bits per heavy atom. The molecule has 0 radical (unpaired) electrons. The maximum absolute atomic E-state index is 4.21. The number of aryl methyl sites for hydroxylation is 1. The minimum absolute atomic E-state index is 0.715. The summed E-state index contributed by atoms with van der Waals surface area (Å²) in [6.45, 7) is 3.28. The van der Waals surface area contributed by atoms with Crippen molar-refractivity contribution in [2.24, 2.45) is 13.0 Å². The largest absolute Gasteiger partial charge is 0.310 e. The topological polar surface area (TPSA) is 29.9 Å². The van der Waals surface area contributed by atoms with E-state index in [4.69, 9.17) is 0 Å². The molecule has 0 aromatic carbocycles. The Labute approximate surface area is 111 Å². The number of nitrogens with one attached hydrogen (secondary N) is 1. The van der Waals surface area contributed by atoms with Gasteiger partial charge in [0, 0.05) is 31.4 Å². The van der Waals surface area contributed by atoms with E-state index < -0.39 is 0 Å². The normalized spacial score (nSPS) is 25.0. The summed E-state index contributed by atoms with van der Waals surface area (Å²) in [6, 6.07) is 0.715. The molecule has 3 nitrogen and oxygen atoms in total. The van der Waals surface area contributed by atoms with Crippen molar-refractivity contribution in [1.29, 1.82) is 0 Å². The first-order valence-electron chi connectivity index (χ1n) is 7.49. The van der Waals surface area contributed by atoms with Gasteiger partial charge in [-0.1, -0.05) is 32.6 Å². The van der Waals surface area contributed by atoms with Crippen molar-refractivity contribution < 1.29 is 0 Å². The average Bonchev–Trinajstić information content (AvgIpc) is 2.64. The van der Waals surface area contributed by atoms with Gasteiger partial charge in [0.05, 0.1) is 6.20 Å². The van der Waals surface area contributed by atoms with Crippen molar-refractivity contribution in [3.8, 4) is 0 Å². The number of hydrogen-bond acceptors (Lipinski definition) is 2. The van der Waals surface area contributed by atoms with Gasteiger partial charge in [-0.05, 0) is 25.2 Å². The third kappa shape index (κ3) is 4.13. The number of nitrogens with zero attached hydrogens (tertiary/aromatic N) is 2. The van der Waals surface area contributed by atoms with Crippen LogP contribution in [-0.4, -0.2) is 15.8 Å². The summed E-state index contributed by atoms with van der Waals surface area (Å²) >= 11 is 0. The first kappa shape index (κ1) is 13.6. The molecule has 102 valence electrons. The lowest BCUT2D eigenvalue weighted by Crippen LogP contribution is -2.27. The molecule has 1 saturated carbocycles. The van der Waals surface area contributed by atoms with Crippen molar-refractivity contribution in [2.75, 3.05) is 0 Å². The van der Waals surface area contributed by atoms with Gasteiger partial charge >= 0.3 is 0 Å². The Balaban J connectivity index is 1.73. The molecule has 2 unspecified atom stereocenters. The van der Waals surface area contributed by atoms with Crippen LogP contribution in [0.5, 0.6) is 0 Å². The maximum Gasteiger partial charge on any atom is 0.0534 e. The van der Waals surface area contributed by atoms with E-state index in [0.29, 0.717) is 6.04 Å². The average molecular weight is 249 g/mol. The predicted octanol–water partition coefficient (Wildman–Crippen LogP) is 3.26. The van der Waals surface area contributed by atoms with E-state index in [-0.39, 0.29) is 0 Å². The molecule has 18 heavy (non-hydrogen) atoms. The van der Waals surface area contributed by atoms with Crippen LogP contribution in [0.3, 0.4) is 0 Å². The summed E-state index contributed by atoms with van der Waals surface area (Å²) in [6.07, 6.45) is 13.8. The van der Waals surface area contributed by atoms with Gasteiger partial charge in [-0.2, -0.15) is 5.10 Å². The highest BCUT2D eigenvalue weighted by Crippen LogP contribution is 2.26. The van der Waals surface area contributed by atoms with Crippen LogP contribution in [0.25, 0.3) is 0 Å². The molecule has 1 aliphatic carbocycles. The van der Waals surface area contributed by atoms with E-state index in [1.54, 1.807) is 0 Å². The second-order valence-electron chi connectivity index (χ2n) is 5.76. The molecule has 0 spiro atoms. The van der Waals surface area contributed by atoms with Crippen LogP contribution in [0.15, 0.2) is 12.4 Å². The predicted molar refractivity (Wildman–Crippen MR) is 75.3 cm³/mol. The molecular formula is C15H27N3. The Hall–Kier alpha value is -0.830. The van der Waals surface area contributed by atoms with Crippen LogP contribution in [-0.2, 0) is 13.6 Å². The highest BCUT2D eigenvalue weighted by Gasteiger charge is 2.17. The van der Waals surface area contributed by atoms with Crippen LogP contribution in [0, 0.1) is 5.92 Å². The number of hydrogen-bond donors (Lipinski definition) is 1. The van der Waals surface area contributed by atoms with E-state index in [9.17, 15) is 0 Å². The molecule has 0 bridgehead atoms. The fourth-order valence-electron chi connectivity index (χ4n) is 3.10. The number of aromatic nitrogens is 2. The van der Waals surface area contributed by atoms with Gasteiger partial charge in [0.25, 0.3) is 0 Å². The molecule has 0 aliphatic heterocycles. The van der Waals surface area contributed by atoms with Gasteiger partial charge in [0.2, 0.25) is 0 Å². The van der Waals surface area contributed by atoms with E-state index in [2.05, 4.69) is 23.5 Å². The van der Waals surface area contributed by atoms with Gasteiger partial charge in [-0.15, -0.1) is 0 Å². The summed E-state index contributed by atoms with van der Waals surface area (Å²) < 4.78 is 1.88. The van der Waals surface area contributed by atoms with Crippen molar-refractivity contribution in [1.82, 2.24) is 15.1 Å². The lowest BCUT2D eigenvalue weighted by Gasteiger charge is -2.16. The summed E-state index contributed by atoms with van der Waals surface area (Å²) in [5, 5.41) is 7.91. The molecule has 1 N–H and O–H groups in total. The van der Waals surface area contributed by atoms with Crippen molar-refractivity contribution in [2.45, 2.75) is 64.5 Å². The Morgan fingerprint density at radius 2 is 2.22 bits per heavy atom. The minimum atomic E-state index is 0.715. The third-order valence-corrected chi connectivity index (χ3v) is 4.14. The molecule has 2 rings (SSSR count). The van der Waals surface area contributed by atoms with E-state index >= 15 is 0 Å². The van der Waals surface area contributed by atoms with Crippen LogP contribution in [0.2, 0.25) is 0 Å². The fraction of sp³-hybridized carbons (Fsp3) is 0.800. The maximum atomic E-state index is 4.21. The van der Waals surface area contributed by atoms with Crippen LogP contribution in [0.4, 0.5) is 0 Å². The van der Waals surface area contributed by atoms with Crippen LogP contribution in [0.1, 0.15) is 57.4 Å². The quantitative estimate of drug-likeness (QED) is 0.812. The van der Waals surface area contributed by atoms with Crippen molar-refractivity contribution >= 4 is 0 Å². The van der Waals surface area contributed by atoms with Crippen LogP contribution < -0.4 is 5.32 Å². The van der Waals surface area contributed by atoms with E-state index in [1.807, 2.05) is 17.9 Å². The van der Waals surface area contributed by atoms with E-state index in [1.165, 1.54) is 50.5 Å². The highest BCUT2D eigenvalue weighted by molar-refractivity contribution is 5.03. The summed E-state index contributed by atoms with van der Waals surface area (Å²) in [5.41, 5.74) is 1.30. The standard InChI is InChI=1S/C15H27N3/c1-3-5-13-6-4-7-15(9-8-13)16-10-14-11-17-18(2)12-14/h11-13,15-16H,3-10H2,1-2H3. The van der Waals surface area contributed by atoms with Gasteiger partial charge in [-0.25, -0.2) is 0 Å². The van der Waals surface area contributed by atoms with Gasteiger partial charge < -0.3 is 5.32 Å². The van der Waals surface area contributed by atoms with Crippen LogP contribution >= 0.6 is 0 Å². The highest BCUT2D eigenvalue weighted by atomic mass is 15.2. The van der Waals surface area contributed by atoms with Gasteiger partial charge in [-0.3, -0.25) is 4.68 Å². The first-order valence-corrected chi connectivity index (χ1v) is 7.49. The lowest BCUT2D eigenvalue weighted by molar-refractivity contribution is 0.409. The first-order chi connectivity index (χ1) is 8.78. The zero-order chi connectivity index (χ0) is 12.8. The summed E-state index contributed by atoms with van der Waals surface area (Å²) in [5.74, 6) is 0.986. The molecule has 2 atom stereocenters. The second kappa shape index (κ2) is 6.93. The Kier molecular flexibility index (Phi) is 5.24. The fourth-order valence-corrected chi connectivity index (χ4v) is 3.10. The summed E-state index contributed by atoms with van der Waals surface area (Å²) in [7, 11) is 1.98. The number of rotatable bonds is 5. The smallest absolute Gasteiger partial charge is 0.0534 e. The molecular weight excluding hydrogens is 222 g/mol. The zero-order valence-corrected chi connectivity index (χ0v) is 11.9. The summed E-state index contributed by atoms with van der Waals surface area (Å²) in [4.78, 5) is 0.